The Bertz CT molecular complexity index is 1160. The molecule has 5 heteroatoms. The van der Waals surface area contributed by atoms with E-state index >= 15 is 0 Å². The summed E-state index contributed by atoms with van der Waals surface area (Å²) in [6.07, 6.45) is 0. The zero-order valence-corrected chi connectivity index (χ0v) is 13.4. The van der Waals surface area contributed by atoms with Gasteiger partial charge in [0.25, 0.3) is 0 Å². The maximum atomic E-state index is 4.44. The molecule has 0 amide bonds. The Morgan fingerprint density at radius 2 is 1.28 bits per heavy atom. The van der Waals surface area contributed by atoms with Crippen LogP contribution in [0.15, 0.2) is 84.9 Å². The molecule has 0 aliphatic rings. The molecule has 0 aliphatic heterocycles. The predicted octanol–water partition coefficient (Wildman–Crippen LogP) is 4.42. The standard InChI is InChI=1S/C20H15N5/c1-3-9-15(10-4-1)21-19-22-23-20-24(16-11-5-2-6-12-16)17-13-7-8-14-18(17)25(19)20/h1-14H,(H,21,22). The molecule has 0 fully saturated rings. The largest absolute Gasteiger partial charge is 0.324 e. The van der Waals surface area contributed by atoms with Gasteiger partial charge in [0.15, 0.2) is 0 Å². The molecular weight excluding hydrogens is 310 g/mol. The number of fused-ring (bicyclic) bond motifs is 3. The fourth-order valence-corrected chi connectivity index (χ4v) is 3.16. The lowest BCUT2D eigenvalue weighted by Crippen LogP contribution is -1.96. The maximum Gasteiger partial charge on any atom is 0.242 e. The number of hydrogen-bond donors (Lipinski definition) is 1. The molecule has 5 aromatic rings. The molecule has 3 aromatic carbocycles. The predicted molar refractivity (Wildman–Crippen MR) is 99.5 cm³/mol. The fraction of sp³-hybridized carbons (Fsp3) is 0. The van der Waals surface area contributed by atoms with Crippen LogP contribution in [0.4, 0.5) is 11.6 Å². The van der Waals surface area contributed by atoms with Crippen molar-refractivity contribution in [3.63, 3.8) is 0 Å². The Morgan fingerprint density at radius 3 is 2.04 bits per heavy atom. The van der Waals surface area contributed by atoms with Crippen molar-refractivity contribution in [2.45, 2.75) is 0 Å². The lowest BCUT2D eigenvalue weighted by Gasteiger charge is -2.03. The van der Waals surface area contributed by atoms with Gasteiger partial charge in [0.2, 0.25) is 11.7 Å². The van der Waals surface area contributed by atoms with Gasteiger partial charge in [0.05, 0.1) is 11.0 Å². The van der Waals surface area contributed by atoms with Gasteiger partial charge in [-0.3, -0.25) is 4.57 Å². The number of imidazole rings is 1. The van der Waals surface area contributed by atoms with Crippen LogP contribution in [0, 0.1) is 0 Å². The van der Waals surface area contributed by atoms with Gasteiger partial charge in [-0.1, -0.05) is 48.5 Å². The second kappa shape index (κ2) is 5.49. The minimum atomic E-state index is 0.701. The van der Waals surface area contributed by atoms with Gasteiger partial charge in [-0.2, -0.15) is 0 Å². The van der Waals surface area contributed by atoms with E-state index < -0.39 is 0 Å². The van der Waals surface area contributed by atoms with Crippen LogP contribution in [0.25, 0.3) is 22.5 Å². The van der Waals surface area contributed by atoms with E-state index in [1.54, 1.807) is 0 Å². The molecule has 120 valence electrons. The van der Waals surface area contributed by atoms with Crippen molar-refractivity contribution in [2.24, 2.45) is 0 Å². The lowest BCUT2D eigenvalue weighted by atomic mass is 10.3. The molecule has 0 unspecified atom stereocenters. The lowest BCUT2D eigenvalue weighted by molar-refractivity contribution is 1.05. The number of rotatable bonds is 3. The minimum Gasteiger partial charge on any atom is -0.324 e. The van der Waals surface area contributed by atoms with Gasteiger partial charge in [-0.05, 0) is 36.4 Å². The highest BCUT2D eigenvalue weighted by Crippen LogP contribution is 2.27. The van der Waals surface area contributed by atoms with Crippen LogP contribution in [0.1, 0.15) is 0 Å². The Labute approximate surface area is 144 Å². The zero-order chi connectivity index (χ0) is 16.6. The first kappa shape index (κ1) is 13.8. The highest BCUT2D eigenvalue weighted by Gasteiger charge is 2.17. The second-order valence-corrected chi connectivity index (χ2v) is 5.81. The first-order valence-electron chi connectivity index (χ1n) is 8.14. The molecule has 0 aliphatic carbocycles. The monoisotopic (exact) mass is 325 g/mol. The van der Waals surface area contributed by atoms with Crippen LogP contribution in [0.2, 0.25) is 0 Å². The molecule has 1 N–H and O–H groups in total. The first-order valence-corrected chi connectivity index (χ1v) is 8.14. The van der Waals surface area contributed by atoms with E-state index in [0.717, 1.165) is 28.2 Å². The van der Waals surface area contributed by atoms with Crippen molar-refractivity contribution in [3.05, 3.63) is 84.9 Å². The molecule has 2 aromatic heterocycles. The topological polar surface area (TPSA) is 47.2 Å². The molecule has 0 radical (unpaired) electrons. The molecule has 0 atom stereocenters. The average Bonchev–Trinajstić information content (AvgIpc) is 3.22. The number of benzene rings is 3. The van der Waals surface area contributed by atoms with Crippen molar-refractivity contribution < 1.29 is 0 Å². The van der Waals surface area contributed by atoms with E-state index in [-0.39, 0.29) is 0 Å². The molecule has 0 spiro atoms. The molecule has 0 bridgehead atoms. The van der Waals surface area contributed by atoms with Crippen LogP contribution in [0.3, 0.4) is 0 Å². The van der Waals surface area contributed by atoms with Crippen LogP contribution >= 0.6 is 0 Å². The van der Waals surface area contributed by atoms with Gasteiger partial charge < -0.3 is 5.32 Å². The van der Waals surface area contributed by atoms with Gasteiger partial charge in [-0.25, -0.2) is 4.40 Å². The number of aromatic nitrogens is 4. The summed E-state index contributed by atoms with van der Waals surface area (Å²) in [4.78, 5) is 0. The Kier molecular flexibility index (Phi) is 3.03. The maximum absolute atomic E-state index is 4.44. The summed E-state index contributed by atoms with van der Waals surface area (Å²) in [5, 5.41) is 12.2. The molecule has 0 saturated carbocycles. The third kappa shape index (κ3) is 2.17. The summed E-state index contributed by atoms with van der Waals surface area (Å²) in [6, 6.07) is 28.5. The Balaban J connectivity index is 1.78. The zero-order valence-electron chi connectivity index (χ0n) is 13.4. The Hall–Kier alpha value is -3.60. The minimum absolute atomic E-state index is 0.701. The van der Waals surface area contributed by atoms with Gasteiger partial charge in [0.1, 0.15) is 0 Å². The highest BCUT2D eigenvalue weighted by molar-refractivity contribution is 5.85. The van der Waals surface area contributed by atoms with E-state index in [1.807, 2.05) is 60.7 Å². The van der Waals surface area contributed by atoms with Gasteiger partial charge >= 0.3 is 0 Å². The fourth-order valence-electron chi connectivity index (χ4n) is 3.16. The number of nitrogens with zero attached hydrogens (tertiary/aromatic N) is 4. The SMILES string of the molecule is c1ccc(Nc2nnc3n(-c4ccccc4)c4ccccc4n23)cc1. The van der Waals surface area contributed by atoms with Crippen molar-refractivity contribution in [2.75, 3.05) is 5.32 Å². The summed E-state index contributed by atoms with van der Waals surface area (Å²) in [5.74, 6) is 1.48. The molecule has 5 rings (SSSR count). The van der Waals surface area contributed by atoms with Crippen molar-refractivity contribution >= 4 is 28.4 Å². The summed E-state index contributed by atoms with van der Waals surface area (Å²) in [7, 11) is 0. The third-order valence-corrected chi connectivity index (χ3v) is 4.25. The molecule has 25 heavy (non-hydrogen) atoms. The summed E-state index contributed by atoms with van der Waals surface area (Å²) in [5.41, 5.74) is 4.19. The van der Waals surface area contributed by atoms with Crippen molar-refractivity contribution in [3.8, 4) is 5.69 Å². The smallest absolute Gasteiger partial charge is 0.242 e. The molecule has 2 heterocycles. The molecular formula is C20H15N5. The van der Waals surface area contributed by atoms with Crippen molar-refractivity contribution in [1.29, 1.82) is 0 Å². The van der Waals surface area contributed by atoms with Crippen LogP contribution < -0.4 is 5.32 Å². The summed E-state index contributed by atoms with van der Waals surface area (Å²) in [6.45, 7) is 0. The second-order valence-electron chi connectivity index (χ2n) is 5.81. The number of para-hydroxylation sites is 4. The number of hydrogen-bond acceptors (Lipinski definition) is 3. The summed E-state index contributed by atoms with van der Waals surface area (Å²) < 4.78 is 4.17. The van der Waals surface area contributed by atoms with E-state index in [2.05, 4.69) is 48.7 Å². The van der Waals surface area contributed by atoms with Crippen LogP contribution in [-0.4, -0.2) is 19.2 Å². The molecule has 5 nitrogen and oxygen atoms in total. The van der Waals surface area contributed by atoms with Crippen molar-refractivity contribution in [1.82, 2.24) is 19.2 Å². The van der Waals surface area contributed by atoms with Crippen LogP contribution in [0.5, 0.6) is 0 Å². The third-order valence-electron chi connectivity index (χ3n) is 4.25. The normalized spacial score (nSPS) is 11.2. The average molecular weight is 325 g/mol. The summed E-state index contributed by atoms with van der Waals surface area (Å²) >= 11 is 0. The van der Waals surface area contributed by atoms with E-state index in [9.17, 15) is 0 Å². The first-order chi connectivity index (χ1) is 12.4. The number of anilines is 2. The molecule has 0 saturated heterocycles. The van der Waals surface area contributed by atoms with Crippen LogP contribution in [-0.2, 0) is 0 Å². The van der Waals surface area contributed by atoms with Gasteiger partial charge in [0, 0.05) is 11.4 Å². The van der Waals surface area contributed by atoms with Gasteiger partial charge in [-0.15, -0.1) is 10.2 Å². The number of nitrogens with one attached hydrogen (secondary N) is 1. The quantitative estimate of drug-likeness (QED) is 0.534. The van der Waals surface area contributed by atoms with E-state index in [1.165, 1.54) is 0 Å². The Morgan fingerprint density at radius 1 is 0.640 bits per heavy atom. The highest BCUT2D eigenvalue weighted by atomic mass is 15.4. The van der Waals surface area contributed by atoms with E-state index in [0.29, 0.717) is 5.95 Å². The van der Waals surface area contributed by atoms with E-state index in [4.69, 9.17) is 0 Å².